The molecule has 0 saturated carbocycles. The monoisotopic (exact) mass is 215 g/mol. The average molecular weight is 215 g/mol. The molecule has 2 rings (SSSR count). The number of aromatic nitrogens is 2. The number of nitrogens with zero attached hydrogens (tertiary/aromatic N) is 1. The highest BCUT2D eigenvalue weighted by molar-refractivity contribution is 7.90. The van der Waals surface area contributed by atoms with Crippen molar-refractivity contribution in [3.8, 4) is 0 Å². The first-order chi connectivity index (χ1) is 6.59. The van der Waals surface area contributed by atoms with E-state index in [0.29, 0.717) is 4.90 Å². The molecule has 1 aliphatic rings. The highest BCUT2D eigenvalue weighted by Gasteiger charge is 2.25. The predicted octanol–water partition coefficient (Wildman–Crippen LogP) is -0.110. The second-order valence-electron chi connectivity index (χ2n) is 3.61. The lowest BCUT2D eigenvalue weighted by atomic mass is 10.1. The minimum atomic E-state index is -3.15. The third kappa shape index (κ3) is 1.67. The van der Waals surface area contributed by atoms with E-state index in [4.69, 9.17) is 0 Å². The summed E-state index contributed by atoms with van der Waals surface area (Å²) in [5.74, 6) is 0.252. The Kier molecular flexibility index (Phi) is 2.32. The number of H-pyrrole nitrogens is 1. The van der Waals surface area contributed by atoms with E-state index in [1.165, 1.54) is 12.5 Å². The lowest BCUT2D eigenvalue weighted by molar-refractivity contribution is 0.598. The number of aromatic amines is 1. The van der Waals surface area contributed by atoms with Gasteiger partial charge >= 0.3 is 0 Å². The number of sulfone groups is 1. The molecule has 0 spiro atoms. The van der Waals surface area contributed by atoms with Crippen LogP contribution < -0.4 is 5.32 Å². The predicted molar refractivity (Wildman–Crippen MR) is 51.9 cm³/mol. The lowest BCUT2D eigenvalue weighted by Gasteiger charge is -2.07. The Morgan fingerprint density at radius 3 is 2.93 bits per heavy atom. The van der Waals surface area contributed by atoms with Crippen LogP contribution >= 0.6 is 0 Å². The zero-order valence-corrected chi connectivity index (χ0v) is 8.76. The molecule has 1 aromatic heterocycles. The summed E-state index contributed by atoms with van der Waals surface area (Å²) in [7, 11) is -3.15. The molecule has 0 aromatic carbocycles. The van der Waals surface area contributed by atoms with Crippen LogP contribution in [0.15, 0.2) is 11.1 Å². The van der Waals surface area contributed by atoms with E-state index < -0.39 is 9.84 Å². The van der Waals surface area contributed by atoms with Gasteiger partial charge in [0.05, 0.1) is 11.9 Å². The summed E-state index contributed by atoms with van der Waals surface area (Å²) >= 11 is 0. The van der Waals surface area contributed by atoms with Crippen molar-refractivity contribution in [3.05, 3.63) is 11.9 Å². The van der Waals surface area contributed by atoms with Crippen LogP contribution in [0.2, 0.25) is 0 Å². The topological polar surface area (TPSA) is 74.8 Å². The molecule has 0 amide bonds. The maximum absolute atomic E-state index is 11.4. The van der Waals surface area contributed by atoms with E-state index >= 15 is 0 Å². The van der Waals surface area contributed by atoms with Gasteiger partial charge in [-0.05, 0) is 13.0 Å². The zero-order chi connectivity index (χ0) is 10.2. The molecule has 14 heavy (non-hydrogen) atoms. The van der Waals surface area contributed by atoms with Gasteiger partial charge in [-0.2, -0.15) is 5.10 Å². The third-order valence-corrected chi connectivity index (χ3v) is 3.62. The summed E-state index contributed by atoms with van der Waals surface area (Å²) < 4.78 is 22.8. The van der Waals surface area contributed by atoms with Gasteiger partial charge < -0.3 is 5.32 Å². The number of nitrogens with one attached hydrogen (secondary N) is 2. The van der Waals surface area contributed by atoms with E-state index in [1.807, 2.05) is 0 Å². The van der Waals surface area contributed by atoms with Crippen LogP contribution in [0, 0.1) is 0 Å². The second-order valence-corrected chi connectivity index (χ2v) is 5.59. The van der Waals surface area contributed by atoms with E-state index in [-0.39, 0.29) is 5.92 Å². The molecule has 6 heteroatoms. The molecule has 0 aliphatic carbocycles. The van der Waals surface area contributed by atoms with Crippen LogP contribution in [0.4, 0.5) is 0 Å². The van der Waals surface area contributed by atoms with Crippen molar-refractivity contribution in [3.63, 3.8) is 0 Å². The summed E-state index contributed by atoms with van der Waals surface area (Å²) in [6, 6.07) is 0. The van der Waals surface area contributed by atoms with Crippen LogP contribution in [0.5, 0.6) is 0 Å². The molecule has 0 bridgehead atoms. The van der Waals surface area contributed by atoms with E-state index in [9.17, 15) is 8.42 Å². The van der Waals surface area contributed by atoms with Crippen molar-refractivity contribution in [2.75, 3.05) is 19.3 Å². The normalized spacial score (nSPS) is 22.8. The number of hydrogen-bond acceptors (Lipinski definition) is 4. The van der Waals surface area contributed by atoms with Gasteiger partial charge in [-0.15, -0.1) is 0 Å². The Balaban J connectivity index is 2.39. The Hall–Kier alpha value is -0.880. The Labute approximate surface area is 82.8 Å². The van der Waals surface area contributed by atoms with Crippen LogP contribution in [0.3, 0.4) is 0 Å². The molecular weight excluding hydrogens is 202 g/mol. The minimum Gasteiger partial charge on any atom is -0.316 e. The van der Waals surface area contributed by atoms with Crippen molar-refractivity contribution in [1.29, 1.82) is 0 Å². The molecule has 1 aliphatic heterocycles. The van der Waals surface area contributed by atoms with Crippen molar-refractivity contribution >= 4 is 9.84 Å². The van der Waals surface area contributed by atoms with Crippen molar-refractivity contribution in [2.45, 2.75) is 17.2 Å². The smallest absolute Gasteiger partial charge is 0.178 e. The van der Waals surface area contributed by atoms with E-state index in [0.717, 1.165) is 25.2 Å². The van der Waals surface area contributed by atoms with Gasteiger partial charge in [-0.3, -0.25) is 5.10 Å². The summed E-state index contributed by atoms with van der Waals surface area (Å²) in [6.07, 6.45) is 3.57. The Morgan fingerprint density at radius 1 is 1.57 bits per heavy atom. The van der Waals surface area contributed by atoms with Gasteiger partial charge in [0.15, 0.2) is 9.84 Å². The van der Waals surface area contributed by atoms with Crippen LogP contribution in [-0.4, -0.2) is 38.0 Å². The fraction of sp³-hybridized carbons (Fsp3) is 0.625. The van der Waals surface area contributed by atoms with E-state index in [1.54, 1.807) is 0 Å². The SMILES string of the molecule is CS(=O)(=O)c1cn[nH]c1C1CCNC1. The van der Waals surface area contributed by atoms with Crippen molar-refractivity contribution < 1.29 is 8.42 Å². The van der Waals surface area contributed by atoms with Gasteiger partial charge in [0.1, 0.15) is 4.90 Å². The van der Waals surface area contributed by atoms with Gasteiger partial charge in [-0.25, -0.2) is 8.42 Å². The summed E-state index contributed by atoms with van der Waals surface area (Å²) in [6.45, 7) is 1.76. The van der Waals surface area contributed by atoms with Gasteiger partial charge in [0.2, 0.25) is 0 Å². The molecule has 1 aromatic rings. The molecular formula is C8H13N3O2S. The van der Waals surface area contributed by atoms with Crippen LogP contribution in [0.1, 0.15) is 18.0 Å². The molecule has 2 heterocycles. The Bertz CT molecular complexity index is 418. The fourth-order valence-electron chi connectivity index (χ4n) is 1.77. The molecule has 1 unspecified atom stereocenters. The fourth-order valence-corrected chi connectivity index (χ4v) is 2.63. The molecule has 0 radical (unpaired) electrons. The Morgan fingerprint density at radius 2 is 2.36 bits per heavy atom. The second kappa shape index (κ2) is 3.36. The maximum atomic E-state index is 11.4. The van der Waals surface area contributed by atoms with Gasteiger partial charge in [-0.1, -0.05) is 0 Å². The molecule has 5 nitrogen and oxygen atoms in total. The summed E-state index contributed by atoms with van der Waals surface area (Å²) in [4.78, 5) is 0.339. The summed E-state index contributed by atoms with van der Waals surface area (Å²) in [5, 5.41) is 9.78. The highest BCUT2D eigenvalue weighted by atomic mass is 32.2. The third-order valence-electron chi connectivity index (χ3n) is 2.50. The van der Waals surface area contributed by atoms with E-state index in [2.05, 4.69) is 15.5 Å². The minimum absolute atomic E-state index is 0.252. The quantitative estimate of drug-likeness (QED) is 0.722. The largest absolute Gasteiger partial charge is 0.316 e. The lowest BCUT2D eigenvalue weighted by Crippen LogP contribution is -2.10. The first-order valence-corrected chi connectivity index (χ1v) is 6.42. The summed E-state index contributed by atoms with van der Waals surface area (Å²) in [5.41, 5.74) is 0.748. The molecule has 1 saturated heterocycles. The van der Waals surface area contributed by atoms with Gasteiger partial charge in [0, 0.05) is 18.7 Å². The van der Waals surface area contributed by atoms with Gasteiger partial charge in [0.25, 0.3) is 0 Å². The first-order valence-electron chi connectivity index (χ1n) is 4.53. The molecule has 78 valence electrons. The number of hydrogen-bond donors (Lipinski definition) is 2. The highest BCUT2D eigenvalue weighted by Crippen LogP contribution is 2.25. The molecule has 2 N–H and O–H groups in total. The zero-order valence-electron chi connectivity index (χ0n) is 7.95. The van der Waals surface area contributed by atoms with Crippen LogP contribution in [-0.2, 0) is 9.84 Å². The maximum Gasteiger partial charge on any atom is 0.178 e. The number of rotatable bonds is 2. The van der Waals surface area contributed by atoms with Crippen LogP contribution in [0.25, 0.3) is 0 Å². The average Bonchev–Trinajstić information content (AvgIpc) is 2.73. The van der Waals surface area contributed by atoms with Crippen molar-refractivity contribution in [2.24, 2.45) is 0 Å². The van der Waals surface area contributed by atoms with Crippen molar-refractivity contribution in [1.82, 2.24) is 15.5 Å². The molecule has 1 fully saturated rings. The molecule has 1 atom stereocenters. The standard InChI is InChI=1S/C8H13N3O2S/c1-14(12,13)7-5-10-11-8(7)6-2-3-9-4-6/h5-6,9H,2-4H2,1H3,(H,10,11). The first kappa shape index (κ1) is 9.67.